The quantitative estimate of drug-likeness (QED) is 0.553. The number of hydrogen-bond acceptors (Lipinski definition) is 5. The zero-order valence-electron chi connectivity index (χ0n) is 13.1. The highest BCUT2D eigenvalue weighted by atomic mass is 35.5. The van der Waals surface area contributed by atoms with E-state index in [2.05, 4.69) is 20.5 Å². The Kier molecular flexibility index (Phi) is 4.22. The van der Waals surface area contributed by atoms with Gasteiger partial charge >= 0.3 is 5.69 Å². The third-order valence-electron chi connectivity index (χ3n) is 3.60. The summed E-state index contributed by atoms with van der Waals surface area (Å²) < 4.78 is 2.93. The topological polar surface area (TPSA) is 97.1 Å². The van der Waals surface area contributed by atoms with E-state index < -0.39 is 11.2 Å². The minimum atomic E-state index is -0.514. The molecule has 124 valence electrons. The molecule has 2 heterocycles. The number of nitrogens with zero attached hydrogens (tertiary/aromatic N) is 4. The molecule has 2 aromatic heterocycles. The molecule has 0 bridgehead atoms. The van der Waals surface area contributed by atoms with Crippen LogP contribution in [-0.4, -0.2) is 25.3 Å². The molecule has 3 rings (SSSR count). The maximum absolute atomic E-state index is 12.1. The fourth-order valence-corrected chi connectivity index (χ4v) is 2.55. The SMILES string of the molecule is CCn1c(N/N=C\c2ccccc2Cl)nc2c1c(=O)[nH]c(=O)n2C. The zero-order chi connectivity index (χ0) is 17.3. The number of H-pyrrole nitrogens is 1. The Hall–Kier alpha value is -2.87. The van der Waals surface area contributed by atoms with Crippen LogP contribution in [0.1, 0.15) is 12.5 Å². The van der Waals surface area contributed by atoms with Crippen molar-refractivity contribution in [2.24, 2.45) is 12.1 Å². The number of fused-ring (bicyclic) bond motifs is 1. The second kappa shape index (κ2) is 6.32. The largest absolute Gasteiger partial charge is 0.329 e. The minimum absolute atomic E-state index is 0.293. The van der Waals surface area contributed by atoms with Crippen molar-refractivity contribution in [3.63, 3.8) is 0 Å². The van der Waals surface area contributed by atoms with Gasteiger partial charge < -0.3 is 4.57 Å². The molecule has 3 aromatic rings. The van der Waals surface area contributed by atoms with Crippen LogP contribution in [0.5, 0.6) is 0 Å². The molecule has 9 heteroatoms. The lowest BCUT2D eigenvalue weighted by Crippen LogP contribution is -2.29. The van der Waals surface area contributed by atoms with E-state index in [1.165, 1.54) is 4.57 Å². The first kappa shape index (κ1) is 16.0. The number of halogens is 1. The molecule has 0 radical (unpaired) electrons. The van der Waals surface area contributed by atoms with Crippen molar-refractivity contribution in [3.05, 3.63) is 55.7 Å². The maximum Gasteiger partial charge on any atom is 0.329 e. The number of imidazole rings is 1. The third-order valence-corrected chi connectivity index (χ3v) is 3.94. The number of nitrogens with one attached hydrogen (secondary N) is 2. The zero-order valence-corrected chi connectivity index (χ0v) is 13.8. The minimum Gasteiger partial charge on any atom is -0.303 e. The Morgan fingerprint density at radius 2 is 2.12 bits per heavy atom. The lowest BCUT2D eigenvalue weighted by atomic mass is 10.2. The van der Waals surface area contributed by atoms with Crippen molar-refractivity contribution < 1.29 is 0 Å². The summed E-state index contributed by atoms with van der Waals surface area (Å²) in [7, 11) is 1.55. The fourth-order valence-electron chi connectivity index (χ4n) is 2.37. The van der Waals surface area contributed by atoms with Gasteiger partial charge in [0.15, 0.2) is 11.2 Å². The first-order valence-corrected chi connectivity index (χ1v) is 7.64. The Bertz CT molecular complexity index is 1050. The van der Waals surface area contributed by atoms with Gasteiger partial charge in [-0.3, -0.25) is 14.3 Å². The van der Waals surface area contributed by atoms with Crippen LogP contribution in [0.15, 0.2) is 39.0 Å². The average Bonchev–Trinajstić information content (AvgIpc) is 2.94. The second-order valence-electron chi connectivity index (χ2n) is 5.06. The van der Waals surface area contributed by atoms with Crippen molar-refractivity contribution in [2.45, 2.75) is 13.5 Å². The molecule has 0 saturated carbocycles. The molecule has 0 spiro atoms. The number of anilines is 1. The van der Waals surface area contributed by atoms with E-state index >= 15 is 0 Å². The summed E-state index contributed by atoms with van der Waals surface area (Å²) in [6.07, 6.45) is 1.56. The Labute approximate surface area is 141 Å². The number of benzene rings is 1. The number of aryl methyl sites for hydroxylation is 2. The smallest absolute Gasteiger partial charge is 0.303 e. The van der Waals surface area contributed by atoms with Gasteiger partial charge in [0, 0.05) is 24.2 Å². The number of hydrazone groups is 1. The summed E-state index contributed by atoms with van der Waals surface area (Å²) in [5.41, 5.74) is 3.16. The molecule has 0 amide bonds. The van der Waals surface area contributed by atoms with Gasteiger partial charge in [-0.1, -0.05) is 29.8 Å². The summed E-state index contributed by atoms with van der Waals surface area (Å²) in [6, 6.07) is 7.27. The standard InChI is InChI=1S/C15H15ClN6O2/c1-3-22-11-12(21(2)15(24)19-13(11)23)18-14(22)20-17-8-9-6-4-5-7-10(9)16/h4-8H,3H2,1-2H3,(H,18,20)(H,19,23,24)/b17-8-. The van der Waals surface area contributed by atoms with Crippen LogP contribution >= 0.6 is 11.6 Å². The summed E-state index contributed by atoms with van der Waals surface area (Å²) in [4.78, 5) is 30.3. The van der Waals surface area contributed by atoms with Gasteiger partial charge in [0.1, 0.15) is 0 Å². The van der Waals surface area contributed by atoms with Crippen molar-refractivity contribution in [1.82, 2.24) is 19.1 Å². The van der Waals surface area contributed by atoms with Gasteiger partial charge in [0.05, 0.1) is 6.21 Å². The van der Waals surface area contributed by atoms with Gasteiger partial charge in [0.2, 0.25) is 5.95 Å². The van der Waals surface area contributed by atoms with E-state index in [1.807, 2.05) is 25.1 Å². The van der Waals surface area contributed by atoms with Crippen LogP contribution in [0, 0.1) is 0 Å². The van der Waals surface area contributed by atoms with Crippen LogP contribution in [0.4, 0.5) is 5.95 Å². The monoisotopic (exact) mass is 346 g/mol. The lowest BCUT2D eigenvalue weighted by Gasteiger charge is -2.04. The number of hydrogen-bond donors (Lipinski definition) is 2. The molecule has 0 atom stereocenters. The van der Waals surface area contributed by atoms with E-state index in [0.29, 0.717) is 28.7 Å². The highest BCUT2D eigenvalue weighted by Crippen LogP contribution is 2.16. The molecule has 0 fully saturated rings. The van der Waals surface area contributed by atoms with Crippen molar-refractivity contribution >= 4 is 34.9 Å². The van der Waals surface area contributed by atoms with E-state index in [0.717, 1.165) is 5.56 Å². The first-order chi connectivity index (χ1) is 11.5. The maximum atomic E-state index is 12.1. The summed E-state index contributed by atoms with van der Waals surface area (Å²) >= 11 is 6.06. The van der Waals surface area contributed by atoms with E-state index in [4.69, 9.17) is 11.6 Å². The summed E-state index contributed by atoms with van der Waals surface area (Å²) in [5.74, 6) is 0.363. The van der Waals surface area contributed by atoms with Crippen molar-refractivity contribution in [2.75, 3.05) is 5.43 Å². The van der Waals surface area contributed by atoms with E-state index in [-0.39, 0.29) is 0 Å². The van der Waals surface area contributed by atoms with Crippen LogP contribution in [0.3, 0.4) is 0 Å². The molecule has 1 aromatic carbocycles. The fraction of sp³-hybridized carbons (Fsp3) is 0.200. The molecule has 8 nitrogen and oxygen atoms in total. The van der Waals surface area contributed by atoms with Crippen LogP contribution < -0.4 is 16.7 Å². The number of aromatic nitrogens is 4. The molecule has 0 aliphatic rings. The van der Waals surface area contributed by atoms with Gasteiger partial charge in [0.25, 0.3) is 5.56 Å². The molecule has 0 saturated heterocycles. The molecular weight excluding hydrogens is 332 g/mol. The molecule has 0 unspecified atom stereocenters. The van der Waals surface area contributed by atoms with Crippen molar-refractivity contribution in [3.8, 4) is 0 Å². The summed E-state index contributed by atoms with van der Waals surface area (Å²) in [5, 5.41) is 4.69. The normalized spacial score (nSPS) is 11.5. The van der Waals surface area contributed by atoms with Crippen molar-refractivity contribution in [1.29, 1.82) is 0 Å². The summed E-state index contributed by atoms with van der Waals surface area (Å²) in [6.45, 7) is 2.36. The lowest BCUT2D eigenvalue weighted by molar-refractivity contribution is 0.781. The Morgan fingerprint density at radius 3 is 2.83 bits per heavy atom. The van der Waals surface area contributed by atoms with E-state index in [1.54, 1.807) is 23.9 Å². The first-order valence-electron chi connectivity index (χ1n) is 7.26. The number of aromatic amines is 1. The Balaban J connectivity index is 2.03. The predicted molar refractivity (Wildman–Crippen MR) is 93.9 cm³/mol. The van der Waals surface area contributed by atoms with Gasteiger partial charge in [-0.05, 0) is 13.0 Å². The Morgan fingerprint density at radius 1 is 1.38 bits per heavy atom. The average molecular weight is 347 g/mol. The van der Waals surface area contributed by atoms with Gasteiger partial charge in [-0.25, -0.2) is 10.2 Å². The van der Waals surface area contributed by atoms with Crippen LogP contribution in [-0.2, 0) is 13.6 Å². The molecular formula is C15H15ClN6O2. The molecule has 0 aliphatic carbocycles. The molecule has 2 N–H and O–H groups in total. The molecule has 24 heavy (non-hydrogen) atoms. The van der Waals surface area contributed by atoms with E-state index in [9.17, 15) is 9.59 Å². The highest BCUT2D eigenvalue weighted by molar-refractivity contribution is 6.33. The highest BCUT2D eigenvalue weighted by Gasteiger charge is 2.15. The number of rotatable bonds is 4. The second-order valence-corrected chi connectivity index (χ2v) is 5.47. The third kappa shape index (κ3) is 2.71. The van der Waals surface area contributed by atoms with Crippen LogP contribution in [0.25, 0.3) is 11.2 Å². The van der Waals surface area contributed by atoms with Gasteiger partial charge in [-0.15, -0.1) is 0 Å². The predicted octanol–water partition coefficient (Wildman–Crippen LogP) is 1.54. The van der Waals surface area contributed by atoms with Gasteiger partial charge in [-0.2, -0.15) is 10.1 Å². The van der Waals surface area contributed by atoms with Crippen LogP contribution in [0.2, 0.25) is 5.02 Å². The molecule has 0 aliphatic heterocycles.